The lowest BCUT2D eigenvalue weighted by Crippen LogP contribution is -2.35. The van der Waals surface area contributed by atoms with E-state index in [1.807, 2.05) is 36.4 Å². The van der Waals surface area contributed by atoms with Gasteiger partial charge in [0, 0.05) is 25.8 Å². The maximum absolute atomic E-state index is 7.72. The van der Waals surface area contributed by atoms with Crippen LogP contribution in [0.3, 0.4) is 0 Å². The Morgan fingerprint density at radius 1 is 1.19 bits per heavy atom. The summed E-state index contributed by atoms with van der Waals surface area (Å²) < 4.78 is 16.4. The van der Waals surface area contributed by atoms with Gasteiger partial charge in [-0.05, 0) is 54.7 Å². The molecule has 0 saturated carbocycles. The molecule has 1 aromatic heterocycles. The SMILES string of the molecule is COCCCCOc1ccc2cc(-c3noc([C@@H]4CCCN4C(=N)N)n3)ccc2c1.Cl. The van der Waals surface area contributed by atoms with Gasteiger partial charge in [-0.3, -0.25) is 5.41 Å². The smallest absolute Gasteiger partial charge is 0.249 e. The number of unbranched alkanes of at least 4 members (excludes halogenated alkanes) is 1. The highest BCUT2D eigenvalue weighted by Gasteiger charge is 2.31. The van der Waals surface area contributed by atoms with E-state index in [0.717, 1.165) is 60.9 Å². The first kappa shape index (κ1) is 22.8. The zero-order chi connectivity index (χ0) is 20.9. The number of nitrogens with one attached hydrogen (secondary N) is 1. The number of rotatable bonds is 8. The Morgan fingerprint density at radius 2 is 1.97 bits per heavy atom. The van der Waals surface area contributed by atoms with Gasteiger partial charge in [-0.15, -0.1) is 12.4 Å². The molecule has 3 aromatic rings. The molecule has 0 bridgehead atoms. The zero-order valence-corrected chi connectivity index (χ0v) is 18.4. The minimum Gasteiger partial charge on any atom is -0.494 e. The first-order valence-electron chi connectivity index (χ1n) is 10.3. The van der Waals surface area contributed by atoms with Crippen LogP contribution in [0.5, 0.6) is 5.75 Å². The normalized spacial score (nSPS) is 15.8. The predicted molar refractivity (Wildman–Crippen MR) is 122 cm³/mol. The van der Waals surface area contributed by atoms with Crippen molar-refractivity contribution in [1.29, 1.82) is 5.41 Å². The van der Waals surface area contributed by atoms with Gasteiger partial charge in [0.25, 0.3) is 0 Å². The van der Waals surface area contributed by atoms with Gasteiger partial charge < -0.3 is 24.6 Å². The van der Waals surface area contributed by atoms with Crippen molar-refractivity contribution in [1.82, 2.24) is 15.0 Å². The average Bonchev–Trinajstić information content (AvgIpc) is 3.42. The fourth-order valence-electron chi connectivity index (χ4n) is 3.79. The van der Waals surface area contributed by atoms with Crippen LogP contribution in [0.25, 0.3) is 22.2 Å². The molecule has 9 heteroatoms. The zero-order valence-electron chi connectivity index (χ0n) is 17.5. The van der Waals surface area contributed by atoms with Crippen LogP contribution in [-0.4, -0.2) is 47.9 Å². The first-order chi connectivity index (χ1) is 14.7. The standard InChI is InChI=1S/C22H27N5O3.ClH/c1-28-11-2-3-12-29-18-9-8-15-13-17(7-6-16(15)14-18)20-25-21(30-26-20)19-5-4-10-27(19)22(23)24;/h6-9,13-14,19H,2-5,10-12H2,1H3,(H3,23,24);1H/t19-;/m0./s1. The van der Waals surface area contributed by atoms with E-state index in [0.29, 0.717) is 18.3 Å². The molecule has 1 aliphatic heterocycles. The van der Waals surface area contributed by atoms with Crippen molar-refractivity contribution in [2.45, 2.75) is 31.7 Å². The molecule has 1 atom stereocenters. The molecule has 8 nitrogen and oxygen atoms in total. The van der Waals surface area contributed by atoms with Gasteiger partial charge in [0.1, 0.15) is 11.8 Å². The summed E-state index contributed by atoms with van der Waals surface area (Å²) in [5, 5.41) is 14.0. The lowest BCUT2D eigenvalue weighted by atomic mass is 10.1. The highest BCUT2D eigenvalue weighted by atomic mass is 35.5. The molecule has 0 radical (unpaired) electrons. The fourth-order valence-corrected chi connectivity index (χ4v) is 3.79. The number of halogens is 1. The number of likely N-dealkylation sites (tertiary alicyclic amines) is 1. The van der Waals surface area contributed by atoms with Crippen molar-refractivity contribution < 1.29 is 14.0 Å². The van der Waals surface area contributed by atoms with Gasteiger partial charge in [0.15, 0.2) is 5.96 Å². The summed E-state index contributed by atoms with van der Waals surface area (Å²) in [6, 6.07) is 12.0. The number of guanidine groups is 1. The van der Waals surface area contributed by atoms with Crippen LogP contribution >= 0.6 is 12.4 Å². The van der Waals surface area contributed by atoms with E-state index in [4.69, 9.17) is 25.1 Å². The van der Waals surface area contributed by atoms with Gasteiger partial charge in [0.05, 0.1) is 6.61 Å². The Morgan fingerprint density at radius 3 is 2.77 bits per heavy atom. The maximum Gasteiger partial charge on any atom is 0.249 e. The number of nitrogens with zero attached hydrogens (tertiary/aromatic N) is 3. The second kappa shape index (κ2) is 10.5. The Kier molecular flexibility index (Phi) is 7.70. The fraction of sp³-hybridized carbons (Fsp3) is 0.409. The molecule has 2 heterocycles. The topological polar surface area (TPSA) is 110 Å². The van der Waals surface area contributed by atoms with E-state index in [1.54, 1.807) is 12.0 Å². The summed E-state index contributed by atoms with van der Waals surface area (Å²) in [6.45, 7) is 2.18. The summed E-state index contributed by atoms with van der Waals surface area (Å²) >= 11 is 0. The number of hydrogen-bond donors (Lipinski definition) is 2. The number of ether oxygens (including phenoxy) is 2. The Labute approximate surface area is 187 Å². The Balaban J connectivity index is 0.00000272. The number of methoxy groups -OCH3 is 1. The third-order valence-electron chi connectivity index (χ3n) is 5.37. The number of aromatic nitrogens is 2. The monoisotopic (exact) mass is 445 g/mol. The van der Waals surface area contributed by atoms with Crippen LogP contribution in [0, 0.1) is 5.41 Å². The highest BCUT2D eigenvalue weighted by Crippen LogP contribution is 2.32. The van der Waals surface area contributed by atoms with Crippen molar-refractivity contribution in [3.63, 3.8) is 0 Å². The second-order valence-electron chi connectivity index (χ2n) is 7.46. The summed E-state index contributed by atoms with van der Waals surface area (Å²) in [6.07, 6.45) is 3.76. The Bertz CT molecular complexity index is 1030. The van der Waals surface area contributed by atoms with Crippen LogP contribution < -0.4 is 10.5 Å². The van der Waals surface area contributed by atoms with E-state index in [1.165, 1.54) is 0 Å². The molecule has 3 N–H and O–H groups in total. The lowest BCUT2D eigenvalue weighted by molar-refractivity contribution is 0.184. The van der Waals surface area contributed by atoms with Gasteiger partial charge >= 0.3 is 0 Å². The lowest BCUT2D eigenvalue weighted by Gasteiger charge is -2.21. The molecule has 0 amide bonds. The third-order valence-corrected chi connectivity index (χ3v) is 5.37. The molecular weight excluding hydrogens is 418 g/mol. The number of hydrogen-bond acceptors (Lipinski definition) is 6. The molecule has 166 valence electrons. The van der Waals surface area contributed by atoms with Gasteiger partial charge in [-0.1, -0.05) is 23.4 Å². The molecular formula is C22H28ClN5O3. The van der Waals surface area contributed by atoms with E-state index < -0.39 is 0 Å². The van der Waals surface area contributed by atoms with Crippen molar-refractivity contribution >= 4 is 29.1 Å². The molecule has 4 rings (SSSR count). The summed E-state index contributed by atoms with van der Waals surface area (Å²) in [4.78, 5) is 6.38. The van der Waals surface area contributed by atoms with E-state index >= 15 is 0 Å². The molecule has 1 fully saturated rings. The number of benzene rings is 2. The quantitative estimate of drug-likeness (QED) is 0.304. The number of fused-ring (bicyclic) bond motifs is 1. The van der Waals surface area contributed by atoms with Crippen LogP contribution in [0.2, 0.25) is 0 Å². The third kappa shape index (κ3) is 5.26. The maximum atomic E-state index is 7.72. The average molecular weight is 446 g/mol. The van der Waals surface area contributed by atoms with Crippen molar-refractivity contribution in [3.05, 3.63) is 42.3 Å². The van der Waals surface area contributed by atoms with E-state index in [-0.39, 0.29) is 24.4 Å². The molecule has 0 unspecified atom stereocenters. The largest absolute Gasteiger partial charge is 0.494 e. The molecule has 1 aliphatic rings. The second-order valence-corrected chi connectivity index (χ2v) is 7.46. The van der Waals surface area contributed by atoms with Gasteiger partial charge in [0.2, 0.25) is 11.7 Å². The van der Waals surface area contributed by atoms with Crippen LogP contribution in [0.1, 0.15) is 37.6 Å². The molecule has 31 heavy (non-hydrogen) atoms. The van der Waals surface area contributed by atoms with Crippen LogP contribution in [0.4, 0.5) is 0 Å². The summed E-state index contributed by atoms with van der Waals surface area (Å²) in [5.74, 6) is 1.95. The predicted octanol–water partition coefficient (Wildman–Crippen LogP) is 4.15. The van der Waals surface area contributed by atoms with Crippen molar-refractivity contribution in [2.75, 3.05) is 26.9 Å². The number of nitrogens with two attached hydrogens (primary N) is 1. The van der Waals surface area contributed by atoms with Gasteiger partial charge in [-0.25, -0.2) is 0 Å². The van der Waals surface area contributed by atoms with E-state index in [2.05, 4.69) is 10.1 Å². The van der Waals surface area contributed by atoms with Crippen molar-refractivity contribution in [3.8, 4) is 17.1 Å². The van der Waals surface area contributed by atoms with Crippen molar-refractivity contribution in [2.24, 2.45) is 5.73 Å². The van der Waals surface area contributed by atoms with Crippen LogP contribution in [0.15, 0.2) is 40.9 Å². The minimum absolute atomic E-state index is 0. The molecule has 0 spiro atoms. The summed E-state index contributed by atoms with van der Waals surface area (Å²) in [5.41, 5.74) is 6.56. The Hall–Kier alpha value is -2.84. The van der Waals surface area contributed by atoms with Gasteiger partial charge in [-0.2, -0.15) is 4.98 Å². The molecule has 0 aliphatic carbocycles. The van der Waals surface area contributed by atoms with E-state index in [9.17, 15) is 0 Å². The molecule has 2 aromatic carbocycles. The highest BCUT2D eigenvalue weighted by molar-refractivity contribution is 5.87. The molecule has 1 saturated heterocycles. The minimum atomic E-state index is -0.118. The first-order valence-corrected chi connectivity index (χ1v) is 10.3. The van der Waals surface area contributed by atoms with Crippen LogP contribution in [-0.2, 0) is 4.74 Å². The summed E-state index contributed by atoms with van der Waals surface area (Å²) in [7, 11) is 1.71.